The number of aryl methyl sites for hydroxylation is 1. The van der Waals surface area contributed by atoms with E-state index in [4.69, 9.17) is 14.2 Å². The molecule has 2 rings (SSSR count). The van der Waals surface area contributed by atoms with Gasteiger partial charge in [0, 0.05) is 11.6 Å². The van der Waals surface area contributed by atoms with Crippen molar-refractivity contribution in [2.24, 2.45) is 0 Å². The molecule has 148 valence electrons. The average molecular weight is 384 g/mol. The summed E-state index contributed by atoms with van der Waals surface area (Å²) >= 11 is 0. The number of ether oxygens (including phenoxy) is 3. The van der Waals surface area contributed by atoms with Crippen LogP contribution >= 0.6 is 0 Å². The molecular formula is C21H24N2O5. The molecule has 0 aliphatic rings. The van der Waals surface area contributed by atoms with E-state index >= 15 is 0 Å². The molecule has 0 unspecified atom stereocenters. The summed E-state index contributed by atoms with van der Waals surface area (Å²) in [6.45, 7) is 2.08. The summed E-state index contributed by atoms with van der Waals surface area (Å²) in [6, 6.07) is 10.9. The molecule has 0 aliphatic heterocycles. The van der Waals surface area contributed by atoms with Crippen molar-refractivity contribution in [2.75, 3.05) is 21.3 Å². The highest BCUT2D eigenvalue weighted by Crippen LogP contribution is 2.38. The number of hydrogen-bond acceptors (Lipinski definition) is 5. The molecule has 0 atom stereocenters. The van der Waals surface area contributed by atoms with Crippen LogP contribution in [0.5, 0.6) is 17.2 Å². The molecular weight excluding hydrogens is 360 g/mol. The lowest BCUT2D eigenvalue weighted by molar-refractivity contribution is -0.117. The van der Waals surface area contributed by atoms with Crippen LogP contribution in [-0.4, -0.2) is 33.1 Å². The molecule has 0 radical (unpaired) electrons. The van der Waals surface area contributed by atoms with Crippen LogP contribution in [-0.2, 0) is 11.2 Å². The fraction of sp³-hybridized carbons (Fsp3) is 0.238. The highest BCUT2D eigenvalue weighted by Gasteiger charge is 2.17. The Balaban J connectivity index is 2.00. The van der Waals surface area contributed by atoms with Crippen LogP contribution in [0.4, 0.5) is 0 Å². The lowest BCUT2D eigenvalue weighted by atomic mass is 10.1. The van der Waals surface area contributed by atoms with Crippen molar-refractivity contribution < 1.29 is 23.8 Å². The number of carbonyl (C=O) groups excluding carboxylic acids is 2. The van der Waals surface area contributed by atoms with Crippen molar-refractivity contribution in [3.63, 3.8) is 0 Å². The summed E-state index contributed by atoms with van der Waals surface area (Å²) in [5, 5.41) is 0. The fourth-order valence-electron chi connectivity index (χ4n) is 2.48. The molecule has 2 aromatic carbocycles. The standard InChI is InChI=1S/C21H24N2O5/c1-5-14-6-8-15(9-7-14)10-11-19(24)22-23-21(25)16-12-17(26-2)20(28-4)18(13-16)27-3/h6-13H,5H2,1-4H3,(H,22,24)(H,23,25)/b11-10+. The third kappa shape index (κ3) is 5.26. The minimum absolute atomic E-state index is 0.244. The quantitative estimate of drug-likeness (QED) is 0.566. The second-order valence-electron chi connectivity index (χ2n) is 5.79. The SMILES string of the molecule is CCc1ccc(/C=C/C(=O)NNC(=O)c2cc(OC)c(OC)c(OC)c2)cc1. The van der Waals surface area contributed by atoms with Gasteiger partial charge >= 0.3 is 0 Å². The van der Waals surface area contributed by atoms with E-state index in [-0.39, 0.29) is 5.56 Å². The number of rotatable bonds is 7. The van der Waals surface area contributed by atoms with Gasteiger partial charge in [-0.2, -0.15) is 0 Å². The van der Waals surface area contributed by atoms with Crippen LogP contribution < -0.4 is 25.1 Å². The zero-order valence-electron chi connectivity index (χ0n) is 16.4. The molecule has 0 aliphatic carbocycles. The lowest BCUT2D eigenvalue weighted by Crippen LogP contribution is -2.40. The van der Waals surface area contributed by atoms with Gasteiger partial charge in [-0.25, -0.2) is 0 Å². The number of carbonyl (C=O) groups is 2. The predicted molar refractivity (Wildman–Crippen MR) is 107 cm³/mol. The lowest BCUT2D eigenvalue weighted by Gasteiger charge is -2.14. The van der Waals surface area contributed by atoms with Gasteiger partial charge in [-0.1, -0.05) is 31.2 Å². The highest BCUT2D eigenvalue weighted by atomic mass is 16.5. The van der Waals surface area contributed by atoms with Crippen LogP contribution in [0.25, 0.3) is 6.08 Å². The second kappa shape index (κ2) is 10.0. The zero-order chi connectivity index (χ0) is 20.5. The first-order valence-corrected chi connectivity index (χ1v) is 8.69. The van der Waals surface area contributed by atoms with E-state index in [1.807, 2.05) is 24.3 Å². The van der Waals surface area contributed by atoms with Crippen LogP contribution in [0, 0.1) is 0 Å². The van der Waals surface area contributed by atoms with Crippen molar-refractivity contribution in [3.8, 4) is 17.2 Å². The summed E-state index contributed by atoms with van der Waals surface area (Å²) in [4.78, 5) is 24.3. The van der Waals surface area contributed by atoms with Gasteiger partial charge in [0.05, 0.1) is 21.3 Å². The molecule has 0 spiro atoms. The molecule has 0 heterocycles. The summed E-state index contributed by atoms with van der Waals surface area (Å²) in [5.74, 6) is 0.0822. The van der Waals surface area contributed by atoms with Gasteiger partial charge in [-0.05, 0) is 35.8 Å². The number of methoxy groups -OCH3 is 3. The number of hydrazine groups is 1. The molecule has 28 heavy (non-hydrogen) atoms. The first-order chi connectivity index (χ1) is 13.5. The first kappa shape index (κ1) is 20.8. The van der Waals surface area contributed by atoms with Crippen molar-refractivity contribution in [2.45, 2.75) is 13.3 Å². The number of benzene rings is 2. The van der Waals surface area contributed by atoms with Gasteiger partial charge in [0.25, 0.3) is 11.8 Å². The van der Waals surface area contributed by atoms with Gasteiger partial charge in [0.15, 0.2) is 11.5 Å². The summed E-state index contributed by atoms with van der Waals surface area (Å²) < 4.78 is 15.7. The van der Waals surface area contributed by atoms with Crippen LogP contribution in [0.15, 0.2) is 42.5 Å². The predicted octanol–water partition coefficient (Wildman–Crippen LogP) is 2.75. The maximum atomic E-state index is 12.3. The smallest absolute Gasteiger partial charge is 0.269 e. The van der Waals surface area contributed by atoms with E-state index in [9.17, 15) is 9.59 Å². The molecule has 0 fully saturated rings. The Bertz CT molecular complexity index is 835. The van der Waals surface area contributed by atoms with E-state index in [2.05, 4.69) is 17.8 Å². The van der Waals surface area contributed by atoms with E-state index < -0.39 is 11.8 Å². The first-order valence-electron chi connectivity index (χ1n) is 8.69. The summed E-state index contributed by atoms with van der Waals surface area (Å²) in [7, 11) is 4.39. The normalized spacial score (nSPS) is 10.4. The Morgan fingerprint density at radius 1 is 0.929 bits per heavy atom. The highest BCUT2D eigenvalue weighted by molar-refractivity contribution is 5.98. The maximum absolute atomic E-state index is 12.3. The van der Waals surface area contributed by atoms with E-state index in [0.29, 0.717) is 17.2 Å². The fourth-order valence-corrected chi connectivity index (χ4v) is 2.48. The zero-order valence-corrected chi connectivity index (χ0v) is 16.4. The molecule has 2 N–H and O–H groups in total. The van der Waals surface area contributed by atoms with Crippen molar-refractivity contribution in [1.82, 2.24) is 10.9 Å². The largest absolute Gasteiger partial charge is 0.493 e. The molecule has 7 nitrogen and oxygen atoms in total. The molecule has 7 heteroatoms. The molecule has 0 aromatic heterocycles. The Morgan fingerprint density at radius 2 is 1.54 bits per heavy atom. The number of hydrogen-bond donors (Lipinski definition) is 2. The molecule has 0 saturated heterocycles. The van der Waals surface area contributed by atoms with E-state index in [1.54, 1.807) is 6.08 Å². The summed E-state index contributed by atoms with van der Waals surface area (Å²) in [5.41, 5.74) is 7.05. The minimum atomic E-state index is -0.520. The van der Waals surface area contributed by atoms with Crippen LogP contribution in [0.1, 0.15) is 28.4 Å². The van der Waals surface area contributed by atoms with Crippen LogP contribution in [0.2, 0.25) is 0 Å². The van der Waals surface area contributed by atoms with E-state index in [1.165, 1.54) is 45.1 Å². The second-order valence-corrected chi connectivity index (χ2v) is 5.79. The average Bonchev–Trinajstić information content (AvgIpc) is 2.74. The maximum Gasteiger partial charge on any atom is 0.269 e. The minimum Gasteiger partial charge on any atom is -0.493 e. The topological polar surface area (TPSA) is 85.9 Å². The van der Waals surface area contributed by atoms with Crippen molar-refractivity contribution >= 4 is 17.9 Å². The summed E-state index contributed by atoms with van der Waals surface area (Å²) in [6.07, 6.45) is 3.97. The third-order valence-corrected chi connectivity index (χ3v) is 4.04. The number of amides is 2. The van der Waals surface area contributed by atoms with Gasteiger partial charge in [0.2, 0.25) is 5.75 Å². The van der Waals surface area contributed by atoms with Gasteiger partial charge < -0.3 is 14.2 Å². The Morgan fingerprint density at radius 3 is 2.04 bits per heavy atom. The van der Waals surface area contributed by atoms with Gasteiger partial charge in [-0.3, -0.25) is 20.4 Å². The molecule has 2 amide bonds. The Hall–Kier alpha value is -3.48. The monoisotopic (exact) mass is 384 g/mol. The molecule has 0 saturated carbocycles. The van der Waals surface area contributed by atoms with E-state index in [0.717, 1.165) is 12.0 Å². The van der Waals surface area contributed by atoms with Gasteiger partial charge in [-0.15, -0.1) is 0 Å². The van der Waals surface area contributed by atoms with Crippen molar-refractivity contribution in [3.05, 3.63) is 59.2 Å². The Labute approximate surface area is 164 Å². The van der Waals surface area contributed by atoms with Gasteiger partial charge in [0.1, 0.15) is 0 Å². The third-order valence-electron chi connectivity index (χ3n) is 4.04. The number of nitrogens with one attached hydrogen (secondary N) is 2. The molecule has 2 aromatic rings. The molecule has 0 bridgehead atoms. The van der Waals surface area contributed by atoms with Crippen molar-refractivity contribution in [1.29, 1.82) is 0 Å². The Kier molecular flexibility index (Phi) is 7.45. The van der Waals surface area contributed by atoms with Crippen LogP contribution in [0.3, 0.4) is 0 Å².